The summed E-state index contributed by atoms with van der Waals surface area (Å²) in [6.07, 6.45) is 0. The van der Waals surface area contributed by atoms with Crippen molar-refractivity contribution in [1.82, 2.24) is 16.4 Å². The molecule has 5 heteroatoms. The highest BCUT2D eigenvalue weighted by Crippen LogP contribution is 2.23. The van der Waals surface area contributed by atoms with Crippen LogP contribution in [0, 0.1) is 0 Å². The fourth-order valence-electron chi connectivity index (χ4n) is 1.53. The smallest absolute Gasteiger partial charge is 0.0558 e. The van der Waals surface area contributed by atoms with Gasteiger partial charge in [0.15, 0.2) is 0 Å². The molecule has 2 unspecified atom stereocenters. The largest absolute Gasteiger partial charge is 0.323 e. The van der Waals surface area contributed by atoms with Gasteiger partial charge in [0.1, 0.15) is 0 Å². The van der Waals surface area contributed by atoms with Crippen LogP contribution in [0.4, 0.5) is 0 Å². The molecule has 1 aliphatic rings. The summed E-state index contributed by atoms with van der Waals surface area (Å²) in [6.45, 7) is 0.784. The van der Waals surface area contributed by atoms with Gasteiger partial charge in [-0.1, -0.05) is 29.8 Å². The van der Waals surface area contributed by atoms with E-state index in [0.717, 1.165) is 12.1 Å². The number of rotatable bonds is 2. The summed E-state index contributed by atoms with van der Waals surface area (Å²) in [6, 6.07) is 7.70. The average Bonchev–Trinajstić information content (AvgIpc) is 2.70. The highest BCUT2D eigenvalue weighted by molar-refractivity contribution is 6.31. The Morgan fingerprint density at radius 2 is 2.21 bits per heavy atom. The Labute approximate surface area is 87.8 Å². The monoisotopic (exact) mass is 212 g/mol. The van der Waals surface area contributed by atoms with Crippen LogP contribution in [0.15, 0.2) is 24.3 Å². The lowest BCUT2D eigenvalue weighted by atomic mass is 10.0. The molecule has 0 amide bonds. The summed E-state index contributed by atoms with van der Waals surface area (Å²) in [5, 5.41) is 0.716. The summed E-state index contributed by atoms with van der Waals surface area (Å²) >= 11 is 6.05. The van der Waals surface area contributed by atoms with Crippen LogP contribution in [0.1, 0.15) is 11.6 Å². The number of hydrazine groups is 2. The van der Waals surface area contributed by atoms with Crippen LogP contribution in [0.25, 0.3) is 0 Å². The van der Waals surface area contributed by atoms with E-state index in [1.54, 1.807) is 0 Å². The normalized spacial score (nSPS) is 23.7. The molecule has 0 aromatic heterocycles. The Morgan fingerprint density at radius 1 is 1.43 bits per heavy atom. The lowest BCUT2D eigenvalue weighted by Crippen LogP contribution is -2.39. The molecule has 14 heavy (non-hydrogen) atoms. The Kier molecular flexibility index (Phi) is 3.00. The lowest BCUT2D eigenvalue weighted by Gasteiger charge is -2.19. The summed E-state index contributed by atoms with van der Waals surface area (Å²) in [5.74, 6) is 0. The molecule has 1 fully saturated rings. The molecule has 0 bridgehead atoms. The quantitative estimate of drug-likeness (QED) is 0.571. The number of nitrogens with one attached hydrogen (secondary N) is 3. The predicted octanol–water partition coefficient (Wildman–Crippen LogP) is 0.321. The molecule has 0 aliphatic carbocycles. The van der Waals surface area contributed by atoms with Crippen molar-refractivity contribution in [2.24, 2.45) is 5.73 Å². The molecular formula is C9H13ClN4. The first-order chi connectivity index (χ1) is 6.79. The summed E-state index contributed by atoms with van der Waals surface area (Å²) < 4.78 is 0. The van der Waals surface area contributed by atoms with Gasteiger partial charge in [0, 0.05) is 17.6 Å². The first kappa shape index (κ1) is 9.89. The van der Waals surface area contributed by atoms with Crippen molar-refractivity contribution in [2.45, 2.75) is 12.1 Å². The van der Waals surface area contributed by atoms with Gasteiger partial charge >= 0.3 is 0 Å². The van der Waals surface area contributed by atoms with Gasteiger partial charge in [0.25, 0.3) is 0 Å². The molecule has 0 spiro atoms. The van der Waals surface area contributed by atoms with Crippen molar-refractivity contribution in [3.8, 4) is 0 Å². The van der Waals surface area contributed by atoms with Gasteiger partial charge in [-0.15, -0.1) is 0 Å². The third kappa shape index (κ3) is 1.89. The summed E-state index contributed by atoms with van der Waals surface area (Å²) in [7, 11) is 0. The summed E-state index contributed by atoms with van der Waals surface area (Å²) in [5.41, 5.74) is 15.9. The van der Waals surface area contributed by atoms with Crippen LogP contribution in [-0.4, -0.2) is 12.6 Å². The maximum atomic E-state index is 6.07. The Bertz CT molecular complexity index is 311. The molecule has 2 rings (SSSR count). The highest BCUT2D eigenvalue weighted by Gasteiger charge is 2.23. The van der Waals surface area contributed by atoms with E-state index in [0.29, 0.717) is 5.02 Å². The van der Waals surface area contributed by atoms with Gasteiger partial charge in [0.2, 0.25) is 0 Å². The zero-order valence-electron chi connectivity index (χ0n) is 7.63. The van der Waals surface area contributed by atoms with Crippen LogP contribution in [0.2, 0.25) is 5.02 Å². The van der Waals surface area contributed by atoms with Crippen molar-refractivity contribution in [2.75, 3.05) is 6.54 Å². The Morgan fingerprint density at radius 3 is 2.86 bits per heavy atom. The van der Waals surface area contributed by atoms with Crippen molar-refractivity contribution >= 4 is 11.6 Å². The van der Waals surface area contributed by atoms with Gasteiger partial charge in [-0.25, -0.2) is 10.9 Å². The highest BCUT2D eigenvalue weighted by atomic mass is 35.5. The fourth-order valence-corrected chi connectivity index (χ4v) is 1.80. The topological polar surface area (TPSA) is 62.1 Å². The van der Waals surface area contributed by atoms with E-state index in [1.165, 1.54) is 0 Å². The molecule has 1 heterocycles. The second-order valence-corrected chi connectivity index (χ2v) is 3.71. The second kappa shape index (κ2) is 4.25. The minimum atomic E-state index is -0.105. The van der Waals surface area contributed by atoms with Crippen molar-refractivity contribution in [3.63, 3.8) is 0 Å². The zero-order chi connectivity index (χ0) is 9.97. The van der Waals surface area contributed by atoms with E-state index in [2.05, 4.69) is 16.4 Å². The third-order valence-corrected chi connectivity index (χ3v) is 2.71. The Hall–Kier alpha value is -0.650. The van der Waals surface area contributed by atoms with E-state index >= 15 is 0 Å². The van der Waals surface area contributed by atoms with E-state index < -0.39 is 0 Å². The number of hydrogen-bond donors (Lipinski definition) is 4. The standard InChI is InChI=1S/C9H13ClN4/c10-7-4-2-1-3-6(7)9(11)8-5-12-14-13-8/h1-4,8-9,12-14H,5,11H2. The lowest BCUT2D eigenvalue weighted by molar-refractivity contribution is 0.482. The number of hydrogen-bond acceptors (Lipinski definition) is 4. The Balaban J connectivity index is 2.17. The van der Waals surface area contributed by atoms with E-state index in [-0.39, 0.29) is 12.1 Å². The fraction of sp³-hybridized carbons (Fsp3) is 0.333. The molecule has 76 valence electrons. The predicted molar refractivity (Wildman–Crippen MR) is 56.4 cm³/mol. The SMILES string of the molecule is NC(c1ccccc1Cl)C1CNNN1. The molecule has 1 aromatic rings. The van der Waals surface area contributed by atoms with Crippen LogP contribution in [0.3, 0.4) is 0 Å². The van der Waals surface area contributed by atoms with E-state index in [4.69, 9.17) is 17.3 Å². The molecule has 4 nitrogen and oxygen atoms in total. The molecule has 1 aromatic carbocycles. The number of halogens is 1. The molecule has 0 saturated carbocycles. The van der Waals surface area contributed by atoms with Gasteiger partial charge in [-0.2, -0.15) is 5.53 Å². The summed E-state index contributed by atoms with van der Waals surface area (Å²) in [4.78, 5) is 0. The maximum Gasteiger partial charge on any atom is 0.0558 e. The van der Waals surface area contributed by atoms with Crippen LogP contribution in [-0.2, 0) is 0 Å². The van der Waals surface area contributed by atoms with Crippen molar-refractivity contribution in [3.05, 3.63) is 34.9 Å². The second-order valence-electron chi connectivity index (χ2n) is 3.30. The van der Waals surface area contributed by atoms with Crippen molar-refractivity contribution in [1.29, 1.82) is 0 Å². The zero-order valence-corrected chi connectivity index (χ0v) is 8.38. The van der Waals surface area contributed by atoms with Crippen LogP contribution in [0.5, 0.6) is 0 Å². The number of nitrogens with two attached hydrogens (primary N) is 1. The average molecular weight is 213 g/mol. The van der Waals surface area contributed by atoms with Gasteiger partial charge in [0.05, 0.1) is 6.04 Å². The van der Waals surface area contributed by atoms with Gasteiger partial charge in [-0.05, 0) is 11.6 Å². The molecule has 2 atom stereocenters. The van der Waals surface area contributed by atoms with Gasteiger partial charge in [-0.3, -0.25) is 0 Å². The molecular weight excluding hydrogens is 200 g/mol. The molecule has 5 N–H and O–H groups in total. The molecule has 1 saturated heterocycles. The van der Waals surface area contributed by atoms with Crippen LogP contribution >= 0.6 is 11.6 Å². The first-order valence-electron chi connectivity index (χ1n) is 4.52. The number of benzene rings is 1. The van der Waals surface area contributed by atoms with E-state index in [1.807, 2.05) is 24.3 Å². The van der Waals surface area contributed by atoms with E-state index in [9.17, 15) is 0 Å². The first-order valence-corrected chi connectivity index (χ1v) is 4.90. The maximum absolute atomic E-state index is 6.07. The minimum absolute atomic E-state index is 0.105. The third-order valence-electron chi connectivity index (χ3n) is 2.37. The van der Waals surface area contributed by atoms with Crippen LogP contribution < -0.4 is 22.1 Å². The minimum Gasteiger partial charge on any atom is -0.323 e. The van der Waals surface area contributed by atoms with Gasteiger partial charge < -0.3 is 5.73 Å². The molecule has 1 aliphatic heterocycles. The molecule has 0 radical (unpaired) electrons. The van der Waals surface area contributed by atoms with Crippen molar-refractivity contribution < 1.29 is 0 Å².